The van der Waals surface area contributed by atoms with Crippen molar-refractivity contribution in [2.45, 2.75) is 26.3 Å². The summed E-state index contributed by atoms with van der Waals surface area (Å²) in [5.74, 6) is 0. The Morgan fingerprint density at radius 1 is 1.09 bits per heavy atom. The fraction of sp³-hybridized carbons (Fsp3) is 0.333. The van der Waals surface area contributed by atoms with E-state index >= 15 is 0 Å². The fourth-order valence-corrected chi connectivity index (χ4v) is 3.02. The SMILES string of the molecule is Cc1ccc(-c2ccc([N+](=O)[O-])cc2CN2CCCC2)cc1. The van der Waals surface area contributed by atoms with E-state index < -0.39 is 0 Å². The molecule has 1 aliphatic heterocycles. The fourth-order valence-electron chi connectivity index (χ4n) is 3.02. The Balaban J connectivity index is 1.99. The van der Waals surface area contributed by atoms with Crippen molar-refractivity contribution in [1.29, 1.82) is 0 Å². The van der Waals surface area contributed by atoms with Gasteiger partial charge in [-0.05, 0) is 55.6 Å². The number of hydrogen-bond donors (Lipinski definition) is 0. The molecule has 2 aromatic carbocycles. The van der Waals surface area contributed by atoms with E-state index in [1.54, 1.807) is 12.1 Å². The van der Waals surface area contributed by atoms with Crippen LogP contribution < -0.4 is 0 Å². The summed E-state index contributed by atoms with van der Waals surface area (Å²) in [6.07, 6.45) is 2.43. The molecular weight excluding hydrogens is 276 g/mol. The number of nitrogens with zero attached hydrogens (tertiary/aromatic N) is 2. The normalized spacial score (nSPS) is 15.1. The second-order valence-corrected chi connectivity index (χ2v) is 5.95. The molecule has 1 aliphatic rings. The van der Waals surface area contributed by atoms with Gasteiger partial charge in [0, 0.05) is 18.7 Å². The summed E-state index contributed by atoms with van der Waals surface area (Å²) in [7, 11) is 0. The van der Waals surface area contributed by atoms with Crippen LogP contribution in [0.25, 0.3) is 11.1 Å². The third-order valence-electron chi connectivity index (χ3n) is 4.25. The van der Waals surface area contributed by atoms with Crippen LogP contribution in [0.1, 0.15) is 24.0 Å². The topological polar surface area (TPSA) is 46.4 Å². The molecule has 4 nitrogen and oxygen atoms in total. The Labute approximate surface area is 130 Å². The van der Waals surface area contributed by atoms with Crippen molar-refractivity contribution in [2.75, 3.05) is 13.1 Å². The van der Waals surface area contributed by atoms with Crippen molar-refractivity contribution in [3.05, 3.63) is 63.7 Å². The molecule has 0 radical (unpaired) electrons. The minimum Gasteiger partial charge on any atom is -0.299 e. The van der Waals surface area contributed by atoms with E-state index in [2.05, 4.69) is 36.1 Å². The number of nitro groups is 1. The first-order valence-corrected chi connectivity index (χ1v) is 7.70. The molecule has 0 aliphatic carbocycles. The number of hydrogen-bond acceptors (Lipinski definition) is 3. The summed E-state index contributed by atoms with van der Waals surface area (Å²) in [6, 6.07) is 13.5. The third kappa shape index (κ3) is 3.17. The van der Waals surface area contributed by atoms with Crippen LogP contribution in [0.2, 0.25) is 0 Å². The number of aryl methyl sites for hydroxylation is 1. The van der Waals surface area contributed by atoms with Gasteiger partial charge in [0.25, 0.3) is 5.69 Å². The van der Waals surface area contributed by atoms with Gasteiger partial charge in [-0.25, -0.2) is 0 Å². The highest BCUT2D eigenvalue weighted by molar-refractivity contribution is 5.69. The van der Waals surface area contributed by atoms with Crippen LogP contribution in [-0.2, 0) is 6.54 Å². The van der Waals surface area contributed by atoms with Gasteiger partial charge in [0.15, 0.2) is 0 Å². The number of non-ortho nitro benzene ring substituents is 1. The third-order valence-corrected chi connectivity index (χ3v) is 4.25. The van der Waals surface area contributed by atoms with E-state index in [9.17, 15) is 10.1 Å². The lowest BCUT2D eigenvalue weighted by molar-refractivity contribution is -0.384. The monoisotopic (exact) mass is 296 g/mol. The minimum atomic E-state index is -0.313. The van der Waals surface area contributed by atoms with Gasteiger partial charge in [0.05, 0.1) is 4.92 Å². The molecule has 1 fully saturated rings. The molecule has 3 rings (SSSR count). The van der Waals surface area contributed by atoms with Crippen molar-refractivity contribution in [3.8, 4) is 11.1 Å². The van der Waals surface area contributed by atoms with Gasteiger partial charge >= 0.3 is 0 Å². The van der Waals surface area contributed by atoms with Crippen molar-refractivity contribution < 1.29 is 4.92 Å². The Morgan fingerprint density at radius 2 is 1.77 bits per heavy atom. The molecule has 0 atom stereocenters. The highest BCUT2D eigenvalue weighted by Crippen LogP contribution is 2.29. The lowest BCUT2D eigenvalue weighted by Crippen LogP contribution is -2.19. The van der Waals surface area contributed by atoms with Crippen molar-refractivity contribution in [3.63, 3.8) is 0 Å². The van der Waals surface area contributed by atoms with Crippen molar-refractivity contribution in [1.82, 2.24) is 4.90 Å². The van der Waals surface area contributed by atoms with Crippen LogP contribution in [0.3, 0.4) is 0 Å². The summed E-state index contributed by atoms with van der Waals surface area (Å²) in [4.78, 5) is 13.1. The molecule has 0 unspecified atom stereocenters. The Hall–Kier alpha value is -2.20. The van der Waals surface area contributed by atoms with Gasteiger partial charge in [-0.3, -0.25) is 15.0 Å². The second kappa shape index (κ2) is 6.28. The maximum Gasteiger partial charge on any atom is 0.269 e. The van der Waals surface area contributed by atoms with Gasteiger partial charge < -0.3 is 0 Å². The predicted octanol–water partition coefficient (Wildman–Crippen LogP) is 4.17. The largest absolute Gasteiger partial charge is 0.299 e. The van der Waals surface area contributed by atoms with E-state index in [0.717, 1.165) is 36.3 Å². The Bertz CT molecular complexity index is 674. The zero-order valence-electron chi connectivity index (χ0n) is 12.8. The molecule has 114 valence electrons. The molecule has 0 saturated carbocycles. The molecule has 2 aromatic rings. The van der Waals surface area contributed by atoms with Crippen LogP contribution in [0.5, 0.6) is 0 Å². The van der Waals surface area contributed by atoms with Crippen LogP contribution in [0.4, 0.5) is 5.69 Å². The van der Waals surface area contributed by atoms with E-state index in [4.69, 9.17) is 0 Å². The molecule has 0 aromatic heterocycles. The van der Waals surface area contributed by atoms with Gasteiger partial charge in [-0.15, -0.1) is 0 Å². The van der Waals surface area contributed by atoms with E-state index in [1.165, 1.54) is 18.4 Å². The molecule has 1 heterocycles. The number of rotatable bonds is 4. The molecule has 0 bridgehead atoms. The molecule has 0 N–H and O–H groups in total. The number of benzene rings is 2. The van der Waals surface area contributed by atoms with Crippen LogP contribution in [-0.4, -0.2) is 22.9 Å². The Kier molecular flexibility index (Phi) is 4.20. The average Bonchev–Trinajstić information content (AvgIpc) is 3.01. The first kappa shape index (κ1) is 14.7. The summed E-state index contributed by atoms with van der Waals surface area (Å²) >= 11 is 0. The van der Waals surface area contributed by atoms with Gasteiger partial charge in [-0.1, -0.05) is 29.8 Å². The average molecular weight is 296 g/mol. The quantitative estimate of drug-likeness (QED) is 0.628. The summed E-state index contributed by atoms with van der Waals surface area (Å²) in [5.41, 5.74) is 4.64. The van der Waals surface area contributed by atoms with E-state index in [0.29, 0.717) is 0 Å². The summed E-state index contributed by atoms with van der Waals surface area (Å²) in [5, 5.41) is 11.1. The van der Waals surface area contributed by atoms with Gasteiger partial charge in [0.2, 0.25) is 0 Å². The molecule has 1 saturated heterocycles. The maximum atomic E-state index is 11.1. The highest BCUT2D eigenvalue weighted by atomic mass is 16.6. The molecule has 0 spiro atoms. The van der Waals surface area contributed by atoms with Crippen LogP contribution in [0, 0.1) is 17.0 Å². The lowest BCUT2D eigenvalue weighted by Gasteiger charge is -2.17. The predicted molar refractivity (Wildman–Crippen MR) is 87.8 cm³/mol. The molecule has 4 heteroatoms. The maximum absolute atomic E-state index is 11.1. The second-order valence-electron chi connectivity index (χ2n) is 5.95. The zero-order chi connectivity index (χ0) is 15.5. The van der Waals surface area contributed by atoms with E-state index in [-0.39, 0.29) is 10.6 Å². The zero-order valence-corrected chi connectivity index (χ0v) is 12.8. The van der Waals surface area contributed by atoms with Gasteiger partial charge in [0.1, 0.15) is 0 Å². The smallest absolute Gasteiger partial charge is 0.269 e. The summed E-state index contributed by atoms with van der Waals surface area (Å²) < 4.78 is 0. The molecular formula is C18H20N2O2. The van der Waals surface area contributed by atoms with E-state index in [1.807, 2.05) is 6.07 Å². The van der Waals surface area contributed by atoms with Crippen molar-refractivity contribution in [2.24, 2.45) is 0 Å². The van der Waals surface area contributed by atoms with Crippen molar-refractivity contribution >= 4 is 5.69 Å². The highest BCUT2D eigenvalue weighted by Gasteiger charge is 2.17. The number of nitro benzene ring substituents is 1. The lowest BCUT2D eigenvalue weighted by atomic mass is 9.98. The Morgan fingerprint density at radius 3 is 2.41 bits per heavy atom. The standard InChI is InChI=1S/C18H20N2O2/c1-14-4-6-15(7-5-14)18-9-8-17(20(21)22)12-16(18)13-19-10-2-3-11-19/h4-9,12H,2-3,10-11,13H2,1H3. The minimum absolute atomic E-state index is 0.171. The van der Waals surface area contributed by atoms with Crippen LogP contribution >= 0.6 is 0 Å². The van der Waals surface area contributed by atoms with Crippen LogP contribution in [0.15, 0.2) is 42.5 Å². The first-order chi connectivity index (χ1) is 10.6. The molecule has 22 heavy (non-hydrogen) atoms. The molecule has 0 amide bonds. The first-order valence-electron chi connectivity index (χ1n) is 7.70. The number of likely N-dealkylation sites (tertiary alicyclic amines) is 1. The summed E-state index contributed by atoms with van der Waals surface area (Å²) in [6.45, 7) is 5.00. The van der Waals surface area contributed by atoms with Gasteiger partial charge in [-0.2, -0.15) is 0 Å².